The second-order valence-corrected chi connectivity index (χ2v) is 9.54. The highest BCUT2D eigenvalue weighted by Gasteiger charge is 2.31. The average Bonchev–Trinajstić information content (AvgIpc) is 3.53. The molecule has 7 nitrogen and oxygen atoms in total. The first-order valence-corrected chi connectivity index (χ1v) is 12.2. The maximum Gasteiger partial charge on any atom is 0.143 e. The number of rotatable bonds is 7. The molecule has 3 aromatic heterocycles. The Balaban J connectivity index is 1.41. The molecule has 170 valence electrons. The van der Waals surface area contributed by atoms with Gasteiger partial charge in [-0.2, -0.15) is 0 Å². The molecule has 0 spiro atoms. The van der Waals surface area contributed by atoms with Gasteiger partial charge in [0, 0.05) is 66.3 Å². The van der Waals surface area contributed by atoms with E-state index >= 15 is 0 Å². The molecule has 9 heteroatoms. The zero-order valence-electron chi connectivity index (χ0n) is 18.0. The van der Waals surface area contributed by atoms with E-state index in [-0.39, 0.29) is 12.0 Å². The molecule has 1 aliphatic heterocycles. The zero-order chi connectivity index (χ0) is 22.8. The highest BCUT2D eigenvalue weighted by Crippen LogP contribution is 2.37. The fourth-order valence-corrected chi connectivity index (χ4v) is 5.55. The summed E-state index contributed by atoms with van der Waals surface area (Å²) in [4.78, 5) is 30.1. The number of fused-ring (bicyclic) bond motifs is 1. The summed E-state index contributed by atoms with van der Waals surface area (Å²) in [6.45, 7) is 3.48. The van der Waals surface area contributed by atoms with Gasteiger partial charge in [-0.25, -0.2) is 9.97 Å². The van der Waals surface area contributed by atoms with Crippen molar-refractivity contribution in [3.8, 4) is 10.4 Å². The second-order valence-electron chi connectivity index (χ2n) is 8.16. The van der Waals surface area contributed by atoms with Crippen LogP contribution in [0.1, 0.15) is 11.6 Å². The van der Waals surface area contributed by atoms with Gasteiger partial charge in [-0.1, -0.05) is 29.8 Å². The van der Waals surface area contributed by atoms with E-state index in [4.69, 9.17) is 17.3 Å². The smallest absolute Gasteiger partial charge is 0.143 e. The van der Waals surface area contributed by atoms with Crippen molar-refractivity contribution in [1.82, 2.24) is 19.9 Å². The lowest BCUT2D eigenvalue weighted by Crippen LogP contribution is -2.50. The molecule has 2 atom stereocenters. The van der Waals surface area contributed by atoms with E-state index in [1.807, 2.05) is 30.5 Å². The number of nitrogens with two attached hydrogens (primary N) is 1. The van der Waals surface area contributed by atoms with Crippen molar-refractivity contribution >= 4 is 46.1 Å². The van der Waals surface area contributed by atoms with E-state index in [2.05, 4.69) is 42.3 Å². The molecule has 33 heavy (non-hydrogen) atoms. The lowest BCUT2D eigenvalue weighted by molar-refractivity contribution is -0.113. The van der Waals surface area contributed by atoms with E-state index in [1.165, 1.54) is 4.88 Å². The van der Waals surface area contributed by atoms with Gasteiger partial charge in [0.2, 0.25) is 0 Å². The SMILES string of the molecule is NC[C@H](C=O)C(c1ccc(Cl)cc1)N1CCN(c2ncnc3[nH]cc(-c4cccs4)c23)CC1. The number of thiophene rings is 1. The number of halogens is 1. The monoisotopic (exact) mass is 480 g/mol. The first-order valence-electron chi connectivity index (χ1n) is 11.0. The van der Waals surface area contributed by atoms with Gasteiger partial charge in [0.25, 0.3) is 0 Å². The maximum absolute atomic E-state index is 11.9. The number of nitrogens with one attached hydrogen (secondary N) is 1. The first-order chi connectivity index (χ1) is 16.2. The molecule has 0 bridgehead atoms. The third kappa shape index (κ3) is 4.27. The number of aldehydes is 1. The number of carbonyl (C=O) groups is 1. The number of aromatic nitrogens is 3. The van der Waals surface area contributed by atoms with Gasteiger partial charge >= 0.3 is 0 Å². The third-order valence-corrected chi connectivity index (χ3v) is 7.46. The van der Waals surface area contributed by atoms with E-state index < -0.39 is 0 Å². The molecular formula is C24H25ClN6OS. The molecular weight excluding hydrogens is 456 g/mol. The Morgan fingerprint density at radius 2 is 1.94 bits per heavy atom. The van der Waals surface area contributed by atoms with Crippen LogP contribution in [0.5, 0.6) is 0 Å². The second kappa shape index (κ2) is 9.61. The number of nitrogens with zero attached hydrogens (tertiary/aromatic N) is 4. The fourth-order valence-electron chi connectivity index (χ4n) is 4.67. The zero-order valence-corrected chi connectivity index (χ0v) is 19.6. The van der Waals surface area contributed by atoms with Crippen LogP contribution in [0.2, 0.25) is 5.02 Å². The quantitative estimate of drug-likeness (QED) is 0.389. The Labute approximate surface area is 201 Å². The number of hydrogen-bond donors (Lipinski definition) is 2. The summed E-state index contributed by atoms with van der Waals surface area (Å²) < 4.78 is 0. The standard InChI is InChI=1S/C24H25ClN6OS/c25-18-5-3-16(4-6-18)22(17(12-26)14-32)30-7-9-31(10-8-30)24-21-19(20-2-1-11-33-20)13-27-23(21)28-15-29-24/h1-6,11,13-15,17,22H,7-10,12,26H2,(H,27,28,29)/t17-,22?/m1/s1. The Morgan fingerprint density at radius 1 is 1.15 bits per heavy atom. The van der Waals surface area contributed by atoms with Gasteiger partial charge in [0.1, 0.15) is 24.1 Å². The average molecular weight is 481 g/mol. The number of anilines is 1. The summed E-state index contributed by atoms with van der Waals surface area (Å²) >= 11 is 7.80. The fraction of sp³-hybridized carbons (Fsp3) is 0.292. The Bertz CT molecular complexity index is 1220. The third-order valence-electron chi connectivity index (χ3n) is 6.31. The summed E-state index contributed by atoms with van der Waals surface area (Å²) in [6.07, 6.45) is 4.61. The number of carbonyl (C=O) groups excluding carboxylic acids is 1. The van der Waals surface area contributed by atoms with Crippen LogP contribution in [0.25, 0.3) is 21.5 Å². The molecule has 1 aliphatic rings. The molecule has 1 fully saturated rings. The molecule has 1 saturated heterocycles. The number of hydrogen-bond acceptors (Lipinski definition) is 7. The summed E-state index contributed by atoms with van der Waals surface area (Å²) in [5, 5.41) is 3.81. The van der Waals surface area contributed by atoms with E-state index in [1.54, 1.807) is 17.7 Å². The first kappa shape index (κ1) is 22.0. The van der Waals surface area contributed by atoms with Gasteiger partial charge in [0.15, 0.2) is 0 Å². The number of H-pyrrole nitrogens is 1. The minimum atomic E-state index is -0.279. The summed E-state index contributed by atoms with van der Waals surface area (Å²) in [6, 6.07) is 11.8. The van der Waals surface area contributed by atoms with Crippen molar-refractivity contribution in [2.45, 2.75) is 6.04 Å². The van der Waals surface area contributed by atoms with Crippen LogP contribution >= 0.6 is 22.9 Å². The number of piperazine rings is 1. The van der Waals surface area contributed by atoms with Crippen LogP contribution in [0.3, 0.4) is 0 Å². The summed E-state index contributed by atoms with van der Waals surface area (Å²) in [5.41, 5.74) is 9.00. The summed E-state index contributed by atoms with van der Waals surface area (Å²) in [7, 11) is 0. The summed E-state index contributed by atoms with van der Waals surface area (Å²) in [5.74, 6) is 0.664. The van der Waals surface area contributed by atoms with Gasteiger partial charge in [0.05, 0.1) is 5.39 Å². The van der Waals surface area contributed by atoms with Crippen molar-refractivity contribution in [2.24, 2.45) is 11.7 Å². The Hall–Kier alpha value is -2.78. The minimum Gasteiger partial charge on any atom is -0.353 e. The topological polar surface area (TPSA) is 91.1 Å². The van der Waals surface area contributed by atoms with Crippen LogP contribution in [-0.2, 0) is 4.79 Å². The molecule has 4 heterocycles. The van der Waals surface area contributed by atoms with E-state index in [0.29, 0.717) is 11.6 Å². The lowest BCUT2D eigenvalue weighted by Gasteiger charge is -2.41. The molecule has 3 N–H and O–H groups in total. The van der Waals surface area contributed by atoms with Gasteiger partial charge < -0.3 is 20.4 Å². The Kier molecular flexibility index (Phi) is 6.41. The lowest BCUT2D eigenvalue weighted by atomic mass is 9.92. The largest absolute Gasteiger partial charge is 0.353 e. The van der Waals surface area contributed by atoms with Crippen LogP contribution in [-0.4, -0.2) is 58.9 Å². The molecule has 4 aromatic rings. The molecule has 1 unspecified atom stereocenters. The molecule has 0 amide bonds. The predicted octanol–water partition coefficient (Wildman–Crippen LogP) is 3.98. The Morgan fingerprint density at radius 3 is 2.61 bits per heavy atom. The molecule has 1 aromatic carbocycles. The van der Waals surface area contributed by atoms with Crippen LogP contribution < -0.4 is 10.6 Å². The van der Waals surface area contributed by atoms with Gasteiger partial charge in [-0.05, 0) is 29.1 Å². The molecule has 0 saturated carbocycles. The number of benzene rings is 1. The van der Waals surface area contributed by atoms with E-state index in [9.17, 15) is 4.79 Å². The van der Waals surface area contributed by atoms with Crippen molar-refractivity contribution in [3.63, 3.8) is 0 Å². The van der Waals surface area contributed by atoms with Crippen molar-refractivity contribution in [2.75, 3.05) is 37.6 Å². The van der Waals surface area contributed by atoms with Crippen molar-refractivity contribution < 1.29 is 4.79 Å². The predicted molar refractivity (Wildman–Crippen MR) is 134 cm³/mol. The van der Waals surface area contributed by atoms with Gasteiger partial charge in [-0.15, -0.1) is 11.3 Å². The van der Waals surface area contributed by atoms with Crippen LogP contribution in [0.4, 0.5) is 5.82 Å². The molecule has 0 aliphatic carbocycles. The highest BCUT2D eigenvalue weighted by molar-refractivity contribution is 7.13. The normalized spacial score (nSPS) is 16.7. The number of aromatic amines is 1. The molecule has 5 rings (SSSR count). The van der Waals surface area contributed by atoms with Crippen molar-refractivity contribution in [3.05, 3.63) is 64.9 Å². The minimum absolute atomic E-state index is 0.0775. The van der Waals surface area contributed by atoms with Crippen molar-refractivity contribution in [1.29, 1.82) is 0 Å². The maximum atomic E-state index is 11.9. The molecule has 0 radical (unpaired) electrons. The van der Waals surface area contributed by atoms with Gasteiger partial charge in [-0.3, -0.25) is 4.90 Å². The van der Waals surface area contributed by atoms with Crippen LogP contribution in [0, 0.1) is 5.92 Å². The van der Waals surface area contributed by atoms with E-state index in [0.717, 1.165) is 60.4 Å². The van der Waals surface area contributed by atoms with Crippen LogP contribution in [0.15, 0.2) is 54.3 Å². The highest BCUT2D eigenvalue weighted by atomic mass is 35.5.